The van der Waals surface area contributed by atoms with Crippen molar-refractivity contribution in [1.29, 1.82) is 0 Å². The fourth-order valence-electron chi connectivity index (χ4n) is 6.56. The van der Waals surface area contributed by atoms with Crippen molar-refractivity contribution >= 4 is 44.9 Å². The van der Waals surface area contributed by atoms with E-state index in [9.17, 15) is 0 Å². The van der Waals surface area contributed by atoms with Crippen LogP contribution in [0.5, 0.6) is 0 Å². The Kier molecular flexibility index (Phi) is 7.96. The third-order valence-corrected chi connectivity index (χ3v) is 8.85. The highest BCUT2D eigenvalue weighted by atomic mass is 15.1. The predicted octanol–water partition coefficient (Wildman–Crippen LogP) is 13.1. The molecule has 0 spiro atoms. The number of hydrogen-bond donors (Lipinski definition) is 0. The molecule has 0 amide bonds. The number of hydrogen-bond acceptors (Lipinski definition) is 2. The van der Waals surface area contributed by atoms with E-state index in [2.05, 4.69) is 216 Å². The number of nitrogens with zero attached hydrogens (tertiary/aromatic N) is 2. The summed E-state index contributed by atoms with van der Waals surface area (Å²) >= 11 is 0. The van der Waals surface area contributed by atoms with Gasteiger partial charge in [-0.05, 0) is 94.4 Å². The van der Waals surface area contributed by atoms with Crippen LogP contribution in [0.1, 0.15) is 0 Å². The minimum Gasteiger partial charge on any atom is -0.311 e. The third-order valence-electron chi connectivity index (χ3n) is 8.85. The van der Waals surface area contributed by atoms with Gasteiger partial charge in [0.15, 0.2) is 0 Å². The lowest BCUT2D eigenvalue weighted by Crippen LogP contribution is -2.10. The number of rotatable bonds is 8. The van der Waals surface area contributed by atoms with Crippen LogP contribution in [-0.2, 0) is 0 Å². The van der Waals surface area contributed by atoms with Gasteiger partial charge in [-0.2, -0.15) is 0 Å². The molecule has 48 heavy (non-hydrogen) atoms. The molecule has 0 radical (unpaired) electrons. The lowest BCUT2D eigenvalue weighted by molar-refractivity contribution is 1.28. The van der Waals surface area contributed by atoms with Crippen molar-refractivity contribution in [3.05, 3.63) is 206 Å². The molecule has 0 bridgehead atoms. The minimum atomic E-state index is 1.12. The van der Waals surface area contributed by atoms with Crippen LogP contribution in [0.2, 0.25) is 0 Å². The second kappa shape index (κ2) is 13.2. The van der Waals surface area contributed by atoms with Crippen LogP contribution in [0.25, 0.3) is 33.0 Å². The predicted molar refractivity (Wildman–Crippen MR) is 204 cm³/mol. The quantitative estimate of drug-likeness (QED) is 0.168. The molecule has 0 heterocycles. The van der Waals surface area contributed by atoms with Gasteiger partial charge in [-0.15, -0.1) is 0 Å². The molecule has 2 heteroatoms. The zero-order valence-corrected chi connectivity index (χ0v) is 26.5. The van der Waals surface area contributed by atoms with Crippen LogP contribution in [-0.4, -0.2) is 0 Å². The topological polar surface area (TPSA) is 6.48 Å². The van der Waals surface area contributed by atoms with Crippen LogP contribution in [0.15, 0.2) is 206 Å². The van der Waals surface area contributed by atoms with Gasteiger partial charge >= 0.3 is 0 Å². The Morgan fingerprint density at radius 2 is 0.604 bits per heavy atom. The first-order chi connectivity index (χ1) is 23.8. The summed E-state index contributed by atoms with van der Waals surface area (Å²) in [4.78, 5) is 4.66. The van der Waals surface area contributed by atoms with Crippen LogP contribution >= 0.6 is 0 Å². The molecule has 2 nitrogen and oxygen atoms in total. The Balaban J connectivity index is 1.20. The number of anilines is 6. The lowest BCUT2D eigenvalue weighted by Gasteiger charge is -2.28. The normalized spacial score (nSPS) is 10.9. The van der Waals surface area contributed by atoms with Gasteiger partial charge in [0.1, 0.15) is 0 Å². The molecule has 0 atom stereocenters. The molecule has 228 valence electrons. The number of fused-ring (bicyclic) bond motifs is 1. The molecule has 0 fully saturated rings. The van der Waals surface area contributed by atoms with Crippen molar-refractivity contribution in [1.82, 2.24) is 0 Å². The summed E-state index contributed by atoms with van der Waals surface area (Å²) in [6.07, 6.45) is 0. The smallest absolute Gasteiger partial charge is 0.0540 e. The zero-order chi connectivity index (χ0) is 32.1. The highest BCUT2D eigenvalue weighted by Crippen LogP contribution is 2.43. The Hall–Kier alpha value is -6.38. The monoisotopic (exact) mass is 614 g/mol. The van der Waals surface area contributed by atoms with Gasteiger partial charge in [0.05, 0.1) is 5.69 Å². The van der Waals surface area contributed by atoms with Crippen molar-refractivity contribution in [3.8, 4) is 22.3 Å². The second-order valence-electron chi connectivity index (χ2n) is 11.8. The fraction of sp³-hybridized carbons (Fsp3) is 0. The summed E-state index contributed by atoms with van der Waals surface area (Å²) in [7, 11) is 0. The highest BCUT2D eigenvalue weighted by molar-refractivity contribution is 6.06. The van der Waals surface area contributed by atoms with Crippen molar-refractivity contribution in [2.24, 2.45) is 0 Å². The largest absolute Gasteiger partial charge is 0.311 e. The average molecular weight is 615 g/mol. The Bertz CT molecular complexity index is 2210. The van der Waals surface area contributed by atoms with Crippen molar-refractivity contribution in [2.45, 2.75) is 0 Å². The molecule has 0 aromatic heterocycles. The molecule has 0 unspecified atom stereocenters. The number of benzene rings is 8. The van der Waals surface area contributed by atoms with Gasteiger partial charge in [-0.3, -0.25) is 0 Å². The van der Waals surface area contributed by atoms with Crippen LogP contribution in [0.4, 0.5) is 34.1 Å². The third kappa shape index (κ3) is 5.72. The molecule has 0 aliphatic rings. The summed E-state index contributed by atoms with van der Waals surface area (Å²) in [6.45, 7) is 0. The zero-order valence-electron chi connectivity index (χ0n) is 26.5. The lowest BCUT2D eigenvalue weighted by atomic mass is 9.96. The van der Waals surface area contributed by atoms with Crippen LogP contribution in [0, 0.1) is 0 Å². The SMILES string of the molecule is c1ccc(-c2ccc(N(c3ccccc3)c3ccc(-c4ccc(N(c5ccccc5)c5ccccc5)cc4)c4ccccc34)cc2)cc1. The van der Waals surface area contributed by atoms with Crippen LogP contribution < -0.4 is 9.80 Å². The second-order valence-corrected chi connectivity index (χ2v) is 11.8. The van der Waals surface area contributed by atoms with Gasteiger partial charge in [-0.25, -0.2) is 0 Å². The summed E-state index contributed by atoms with van der Waals surface area (Å²) in [5, 5.41) is 2.41. The summed E-state index contributed by atoms with van der Waals surface area (Å²) in [5.74, 6) is 0. The first-order valence-corrected chi connectivity index (χ1v) is 16.4. The van der Waals surface area contributed by atoms with E-state index in [1.165, 1.54) is 33.0 Å². The molecule has 0 saturated carbocycles. The Morgan fingerprint density at radius 3 is 1.15 bits per heavy atom. The molecular weight excluding hydrogens is 581 g/mol. The van der Waals surface area contributed by atoms with Gasteiger partial charge in [0.25, 0.3) is 0 Å². The standard InChI is InChI=1S/C46H34N2/c1-5-15-35(16-6-1)36-25-29-42(30-26-36)48(40-21-11-4-12-22-40)46-34-33-43(44-23-13-14-24-45(44)46)37-27-31-41(32-28-37)47(38-17-7-2-8-18-38)39-19-9-3-10-20-39/h1-34H. The summed E-state index contributed by atoms with van der Waals surface area (Å²) in [6, 6.07) is 73.4. The molecular formula is C46H34N2. The molecule has 8 rings (SSSR count). The van der Waals surface area contributed by atoms with Gasteiger partial charge in [-0.1, -0.05) is 140 Å². The van der Waals surface area contributed by atoms with Gasteiger partial charge in [0.2, 0.25) is 0 Å². The van der Waals surface area contributed by atoms with Crippen molar-refractivity contribution in [3.63, 3.8) is 0 Å². The maximum absolute atomic E-state index is 2.36. The molecule has 8 aromatic carbocycles. The van der Waals surface area contributed by atoms with Crippen molar-refractivity contribution < 1.29 is 0 Å². The van der Waals surface area contributed by atoms with Crippen molar-refractivity contribution in [2.75, 3.05) is 9.80 Å². The van der Waals surface area contributed by atoms with E-state index in [4.69, 9.17) is 0 Å². The van der Waals surface area contributed by atoms with E-state index in [1.807, 2.05) is 0 Å². The van der Waals surface area contributed by atoms with E-state index in [1.54, 1.807) is 0 Å². The summed E-state index contributed by atoms with van der Waals surface area (Å²) in [5.41, 5.74) is 11.6. The first-order valence-electron chi connectivity index (χ1n) is 16.4. The van der Waals surface area contributed by atoms with E-state index in [0.29, 0.717) is 0 Å². The fourth-order valence-corrected chi connectivity index (χ4v) is 6.56. The highest BCUT2D eigenvalue weighted by Gasteiger charge is 2.18. The van der Waals surface area contributed by atoms with Crippen LogP contribution in [0.3, 0.4) is 0 Å². The summed E-state index contributed by atoms with van der Waals surface area (Å²) < 4.78 is 0. The van der Waals surface area contributed by atoms with E-state index in [0.717, 1.165) is 34.1 Å². The van der Waals surface area contributed by atoms with E-state index >= 15 is 0 Å². The van der Waals surface area contributed by atoms with E-state index < -0.39 is 0 Å². The Morgan fingerprint density at radius 1 is 0.229 bits per heavy atom. The molecule has 0 aliphatic heterocycles. The molecule has 0 aliphatic carbocycles. The maximum Gasteiger partial charge on any atom is 0.0540 e. The van der Waals surface area contributed by atoms with Gasteiger partial charge in [0, 0.05) is 33.8 Å². The van der Waals surface area contributed by atoms with E-state index in [-0.39, 0.29) is 0 Å². The Labute approximate surface area is 282 Å². The van der Waals surface area contributed by atoms with Gasteiger partial charge < -0.3 is 9.80 Å². The average Bonchev–Trinajstić information content (AvgIpc) is 3.17. The first kappa shape index (κ1) is 29.1. The maximum atomic E-state index is 2.36. The molecule has 0 saturated heterocycles. The number of para-hydroxylation sites is 3. The molecule has 8 aromatic rings. The molecule has 0 N–H and O–H groups in total. The minimum absolute atomic E-state index is 1.12.